The van der Waals surface area contributed by atoms with Gasteiger partial charge in [-0.15, -0.1) is 0 Å². The topological polar surface area (TPSA) is 15.3 Å². The van der Waals surface area contributed by atoms with Gasteiger partial charge < -0.3 is 10.2 Å². The van der Waals surface area contributed by atoms with Gasteiger partial charge in [-0.25, -0.2) is 0 Å². The second-order valence-corrected chi connectivity index (χ2v) is 6.54. The standard InChI is InChI=1S/C19H32N2/c1-4-6-16-8-10-18(11-9-16)19(20-3)15-21-13-12-17(14-21)7-5-2/h8-11,17,19-20H,4-7,12-15H2,1-3H3. The molecule has 2 nitrogen and oxygen atoms in total. The minimum atomic E-state index is 0.459. The molecule has 0 aromatic heterocycles. The Kier molecular flexibility index (Phi) is 6.72. The van der Waals surface area contributed by atoms with Crippen LogP contribution >= 0.6 is 0 Å². The molecular formula is C19H32N2. The molecule has 2 unspecified atom stereocenters. The number of benzene rings is 1. The third kappa shape index (κ3) is 4.82. The van der Waals surface area contributed by atoms with Gasteiger partial charge in [0.1, 0.15) is 0 Å². The van der Waals surface area contributed by atoms with Gasteiger partial charge in [0.15, 0.2) is 0 Å². The maximum atomic E-state index is 3.50. The van der Waals surface area contributed by atoms with Crippen LogP contribution in [0, 0.1) is 5.92 Å². The van der Waals surface area contributed by atoms with Crippen molar-refractivity contribution in [1.29, 1.82) is 0 Å². The van der Waals surface area contributed by atoms with Gasteiger partial charge in [0.2, 0.25) is 0 Å². The molecule has 2 atom stereocenters. The molecule has 0 spiro atoms. The Morgan fingerprint density at radius 3 is 2.57 bits per heavy atom. The van der Waals surface area contributed by atoms with Crippen molar-refractivity contribution in [3.63, 3.8) is 0 Å². The summed E-state index contributed by atoms with van der Waals surface area (Å²) in [6.07, 6.45) is 6.52. The number of likely N-dealkylation sites (N-methyl/N-ethyl adjacent to an activating group) is 1. The zero-order chi connectivity index (χ0) is 15.1. The Labute approximate surface area is 130 Å². The van der Waals surface area contributed by atoms with Crippen molar-refractivity contribution in [1.82, 2.24) is 10.2 Å². The van der Waals surface area contributed by atoms with E-state index in [1.165, 1.54) is 56.3 Å². The molecule has 0 radical (unpaired) electrons. The molecule has 0 bridgehead atoms. The smallest absolute Gasteiger partial charge is 0.0446 e. The van der Waals surface area contributed by atoms with E-state index in [4.69, 9.17) is 0 Å². The normalized spacial score (nSPS) is 20.8. The van der Waals surface area contributed by atoms with Crippen molar-refractivity contribution in [3.8, 4) is 0 Å². The summed E-state index contributed by atoms with van der Waals surface area (Å²) in [5.41, 5.74) is 2.89. The molecule has 1 aliphatic rings. The maximum absolute atomic E-state index is 3.50. The van der Waals surface area contributed by atoms with Gasteiger partial charge in [0.05, 0.1) is 0 Å². The highest BCUT2D eigenvalue weighted by molar-refractivity contribution is 5.25. The maximum Gasteiger partial charge on any atom is 0.0446 e. The lowest BCUT2D eigenvalue weighted by atomic mass is 10.0. The lowest BCUT2D eigenvalue weighted by Crippen LogP contribution is -2.32. The number of hydrogen-bond donors (Lipinski definition) is 1. The molecule has 118 valence electrons. The van der Waals surface area contributed by atoms with Crippen molar-refractivity contribution in [2.45, 2.75) is 52.0 Å². The van der Waals surface area contributed by atoms with Gasteiger partial charge >= 0.3 is 0 Å². The fourth-order valence-corrected chi connectivity index (χ4v) is 3.55. The van der Waals surface area contributed by atoms with Crippen molar-refractivity contribution in [2.24, 2.45) is 5.92 Å². The summed E-state index contributed by atoms with van der Waals surface area (Å²) in [7, 11) is 2.09. The average molecular weight is 288 g/mol. The summed E-state index contributed by atoms with van der Waals surface area (Å²) in [6, 6.07) is 9.68. The molecule has 1 fully saturated rings. The van der Waals surface area contributed by atoms with Gasteiger partial charge in [-0.2, -0.15) is 0 Å². The minimum Gasteiger partial charge on any atom is -0.312 e. The lowest BCUT2D eigenvalue weighted by Gasteiger charge is -2.24. The van der Waals surface area contributed by atoms with Gasteiger partial charge in [0, 0.05) is 19.1 Å². The molecule has 1 N–H and O–H groups in total. The van der Waals surface area contributed by atoms with Crippen LogP contribution in [0.25, 0.3) is 0 Å². The monoisotopic (exact) mass is 288 g/mol. The number of nitrogens with one attached hydrogen (secondary N) is 1. The molecule has 0 amide bonds. The van der Waals surface area contributed by atoms with Crippen LogP contribution in [0.1, 0.15) is 56.7 Å². The SMILES string of the molecule is CCCc1ccc(C(CN2CCC(CCC)C2)NC)cc1. The van der Waals surface area contributed by atoms with E-state index in [1.807, 2.05) is 0 Å². The first-order valence-corrected chi connectivity index (χ1v) is 8.75. The van der Waals surface area contributed by atoms with E-state index in [0.717, 1.165) is 12.5 Å². The summed E-state index contributed by atoms with van der Waals surface area (Å²) < 4.78 is 0. The summed E-state index contributed by atoms with van der Waals surface area (Å²) >= 11 is 0. The van der Waals surface area contributed by atoms with E-state index >= 15 is 0 Å². The predicted octanol–water partition coefficient (Wildman–Crippen LogP) is 4.02. The van der Waals surface area contributed by atoms with E-state index in [-0.39, 0.29) is 0 Å². The van der Waals surface area contributed by atoms with Crippen LogP contribution in [-0.4, -0.2) is 31.6 Å². The van der Waals surface area contributed by atoms with Crippen molar-refractivity contribution in [3.05, 3.63) is 35.4 Å². The van der Waals surface area contributed by atoms with Gasteiger partial charge in [-0.3, -0.25) is 0 Å². The van der Waals surface area contributed by atoms with Crippen LogP contribution in [0.3, 0.4) is 0 Å². The summed E-state index contributed by atoms with van der Waals surface area (Å²) in [4.78, 5) is 2.64. The number of aryl methyl sites for hydroxylation is 1. The van der Waals surface area contributed by atoms with Gasteiger partial charge in [-0.05, 0) is 49.9 Å². The second kappa shape index (κ2) is 8.55. The number of likely N-dealkylation sites (tertiary alicyclic amines) is 1. The highest BCUT2D eigenvalue weighted by atomic mass is 15.2. The van der Waals surface area contributed by atoms with E-state index in [2.05, 4.69) is 55.4 Å². The Morgan fingerprint density at radius 2 is 1.95 bits per heavy atom. The number of hydrogen-bond acceptors (Lipinski definition) is 2. The Hall–Kier alpha value is -0.860. The lowest BCUT2D eigenvalue weighted by molar-refractivity contribution is 0.286. The molecule has 2 rings (SSSR count). The molecule has 1 aromatic carbocycles. The van der Waals surface area contributed by atoms with Crippen LogP contribution in [0.15, 0.2) is 24.3 Å². The predicted molar refractivity (Wildman–Crippen MR) is 91.7 cm³/mol. The fraction of sp³-hybridized carbons (Fsp3) is 0.684. The van der Waals surface area contributed by atoms with Gasteiger partial charge in [-0.1, -0.05) is 51.0 Å². The molecule has 1 saturated heterocycles. The second-order valence-electron chi connectivity index (χ2n) is 6.54. The molecule has 1 heterocycles. The first-order chi connectivity index (χ1) is 10.3. The largest absolute Gasteiger partial charge is 0.312 e. The molecule has 21 heavy (non-hydrogen) atoms. The zero-order valence-electron chi connectivity index (χ0n) is 14.1. The fourth-order valence-electron chi connectivity index (χ4n) is 3.55. The third-order valence-electron chi connectivity index (χ3n) is 4.78. The first kappa shape index (κ1) is 16.5. The minimum absolute atomic E-state index is 0.459. The van der Waals surface area contributed by atoms with E-state index in [1.54, 1.807) is 0 Å². The quantitative estimate of drug-likeness (QED) is 0.777. The number of nitrogens with zero attached hydrogens (tertiary/aromatic N) is 1. The Morgan fingerprint density at radius 1 is 1.19 bits per heavy atom. The van der Waals surface area contributed by atoms with Crippen molar-refractivity contribution in [2.75, 3.05) is 26.7 Å². The van der Waals surface area contributed by atoms with Crippen molar-refractivity contribution >= 4 is 0 Å². The van der Waals surface area contributed by atoms with Gasteiger partial charge in [0.25, 0.3) is 0 Å². The molecule has 2 heteroatoms. The van der Waals surface area contributed by atoms with Crippen LogP contribution in [0.5, 0.6) is 0 Å². The van der Waals surface area contributed by atoms with Crippen LogP contribution < -0.4 is 5.32 Å². The first-order valence-electron chi connectivity index (χ1n) is 8.75. The summed E-state index contributed by atoms with van der Waals surface area (Å²) in [6.45, 7) is 8.25. The Bertz CT molecular complexity index is 399. The molecule has 1 aromatic rings. The molecule has 0 saturated carbocycles. The average Bonchev–Trinajstić information content (AvgIpc) is 2.94. The van der Waals surface area contributed by atoms with Crippen LogP contribution in [-0.2, 0) is 6.42 Å². The number of rotatable bonds is 8. The highest BCUT2D eigenvalue weighted by Crippen LogP contribution is 2.24. The van der Waals surface area contributed by atoms with E-state index < -0.39 is 0 Å². The summed E-state index contributed by atoms with van der Waals surface area (Å²) in [5.74, 6) is 0.930. The molecule has 1 aliphatic heterocycles. The van der Waals surface area contributed by atoms with Crippen LogP contribution in [0.4, 0.5) is 0 Å². The Balaban J connectivity index is 1.90. The molecule has 0 aliphatic carbocycles. The van der Waals surface area contributed by atoms with Crippen molar-refractivity contribution < 1.29 is 0 Å². The highest BCUT2D eigenvalue weighted by Gasteiger charge is 2.24. The summed E-state index contributed by atoms with van der Waals surface area (Å²) in [5, 5.41) is 3.50. The van der Waals surface area contributed by atoms with E-state index in [0.29, 0.717) is 6.04 Å². The van der Waals surface area contributed by atoms with E-state index in [9.17, 15) is 0 Å². The molecular weight excluding hydrogens is 256 g/mol. The van der Waals surface area contributed by atoms with Crippen LogP contribution in [0.2, 0.25) is 0 Å². The zero-order valence-corrected chi connectivity index (χ0v) is 14.1. The third-order valence-corrected chi connectivity index (χ3v) is 4.78.